The normalized spacial score (nSPS) is 13.1. The van der Waals surface area contributed by atoms with Gasteiger partial charge < -0.3 is 4.90 Å². The lowest BCUT2D eigenvalue weighted by Crippen LogP contribution is -2.22. The van der Waals surface area contributed by atoms with E-state index in [1.807, 2.05) is 60.7 Å². The Morgan fingerprint density at radius 3 is 1.79 bits per heavy atom. The van der Waals surface area contributed by atoms with Crippen molar-refractivity contribution < 1.29 is 9.59 Å². The number of benzene rings is 3. The molecule has 0 unspecified atom stereocenters. The number of carbonyl (C=O) groups excluding carboxylic acids is 2. The molecule has 2 heterocycles. The number of carbonyl (C=O) groups is 2. The minimum absolute atomic E-state index is 0.134. The molecule has 1 aromatic heterocycles. The second-order valence-electron chi connectivity index (χ2n) is 7.36. The number of hydrogen-bond donors (Lipinski definition) is 1. The van der Waals surface area contributed by atoms with E-state index in [0.29, 0.717) is 4.88 Å². The maximum Gasteiger partial charge on any atom is 0.269 e. The van der Waals surface area contributed by atoms with E-state index in [1.165, 1.54) is 11.3 Å². The van der Waals surface area contributed by atoms with Gasteiger partial charge in [-0.2, -0.15) is 5.26 Å². The van der Waals surface area contributed by atoms with Gasteiger partial charge in [-0.25, -0.2) is 0 Å². The van der Waals surface area contributed by atoms with Gasteiger partial charge in [-0.05, 0) is 54.1 Å². The summed E-state index contributed by atoms with van der Waals surface area (Å²) in [5, 5.41) is 11.5. The number of nitrogens with zero attached hydrogens (tertiary/aromatic N) is 2. The van der Waals surface area contributed by atoms with Crippen LogP contribution in [0.3, 0.4) is 0 Å². The predicted octanol–water partition coefficient (Wildman–Crippen LogP) is 5.82. The van der Waals surface area contributed by atoms with Gasteiger partial charge in [0.2, 0.25) is 0 Å². The third kappa shape index (κ3) is 3.82. The standard InChI is InChI=1S/C27H17N3O2S/c28-17-22-25(27(32)29-26(22)31)24-16-15-23(33-24)18-11-13-21(14-12-18)30(19-7-3-1-4-8-19)20-9-5-2-6-10-20/h1-16H,(H,29,31,32). The highest BCUT2D eigenvalue weighted by molar-refractivity contribution is 7.17. The Kier molecular flexibility index (Phi) is 5.31. The molecular formula is C27H17N3O2S. The van der Waals surface area contributed by atoms with Crippen LogP contribution in [-0.2, 0) is 9.59 Å². The van der Waals surface area contributed by atoms with E-state index in [9.17, 15) is 14.9 Å². The quantitative estimate of drug-likeness (QED) is 0.391. The molecule has 1 N–H and O–H groups in total. The SMILES string of the molecule is N#CC1=C(c2ccc(-c3ccc(N(c4ccccc4)c4ccccc4)cc3)s2)C(=O)NC1=O. The number of nitriles is 1. The summed E-state index contributed by atoms with van der Waals surface area (Å²) in [4.78, 5) is 27.7. The van der Waals surface area contributed by atoms with Gasteiger partial charge in [-0.3, -0.25) is 14.9 Å². The maximum absolute atomic E-state index is 12.1. The Morgan fingerprint density at radius 2 is 1.21 bits per heavy atom. The molecule has 0 aliphatic carbocycles. The van der Waals surface area contributed by atoms with Crippen molar-refractivity contribution in [3.63, 3.8) is 0 Å². The van der Waals surface area contributed by atoms with E-state index >= 15 is 0 Å². The summed E-state index contributed by atoms with van der Waals surface area (Å²) >= 11 is 1.38. The van der Waals surface area contributed by atoms with E-state index in [1.54, 1.807) is 6.07 Å². The highest BCUT2D eigenvalue weighted by Gasteiger charge is 2.32. The molecule has 1 aliphatic heterocycles. The summed E-state index contributed by atoms with van der Waals surface area (Å²) in [5.41, 5.74) is 4.13. The monoisotopic (exact) mass is 447 g/mol. The van der Waals surface area contributed by atoms with Crippen LogP contribution in [0.15, 0.2) is 103 Å². The van der Waals surface area contributed by atoms with Crippen LogP contribution >= 0.6 is 11.3 Å². The summed E-state index contributed by atoms with van der Waals surface area (Å²) in [6, 6.07) is 34.0. The molecule has 6 heteroatoms. The molecule has 33 heavy (non-hydrogen) atoms. The average Bonchev–Trinajstić information content (AvgIpc) is 3.44. The first-order chi connectivity index (χ1) is 16.2. The summed E-state index contributed by atoms with van der Waals surface area (Å²) in [6.45, 7) is 0. The number of imide groups is 1. The number of hydrogen-bond acceptors (Lipinski definition) is 5. The summed E-state index contributed by atoms with van der Waals surface area (Å²) in [5.74, 6) is -1.17. The first-order valence-corrected chi connectivity index (χ1v) is 11.1. The van der Waals surface area contributed by atoms with Crippen LogP contribution in [0.1, 0.15) is 4.88 Å². The van der Waals surface area contributed by atoms with Gasteiger partial charge in [0.15, 0.2) is 0 Å². The number of rotatable bonds is 5. The van der Waals surface area contributed by atoms with Crippen LogP contribution in [-0.4, -0.2) is 11.8 Å². The molecule has 0 radical (unpaired) electrons. The van der Waals surface area contributed by atoms with E-state index in [0.717, 1.165) is 27.5 Å². The summed E-state index contributed by atoms with van der Waals surface area (Å²) < 4.78 is 0. The summed E-state index contributed by atoms with van der Waals surface area (Å²) in [6.07, 6.45) is 0. The highest BCUT2D eigenvalue weighted by atomic mass is 32.1. The third-order valence-corrected chi connectivity index (χ3v) is 6.49. The Bertz CT molecular complexity index is 1380. The first kappa shape index (κ1) is 20.4. The lowest BCUT2D eigenvalue weighted by atomic mass is 10.1. The second kappa shape index (κ2) is 8.58. The van der Waals surface area contributed by atoms with Gasteiger partial charge >= 0.3 is 0 Å². The molecule has 0 atom stereocenters. The van der Waals surface area contributed by atoms with Gasteiger partial charge in [0, 0.05) is 26.8 Å². The molecule has 0 saturated carbocycles. The van der Waals surface area contributed by atoms with Crippen molar-refractivity contribution in [1.82, 2.24) is 5.32 Å². The van der Waals surface area contributed by atoms with Crippen LogP contribution in [0.2, 0.25) is 0 Å². The predicted molar refractivity (Wildman–Crippen MR) is 130 cm³/mol. The van der Waals surface area contributed by atoms with Crippen LogP contribution in [0, 0.1) is 11.3 Å². The lowest BCUT2D eigenvalue weighted by molar-refractivity contribution is -0.123. The molecule has 158 valence electrons. The van der Waals surface area contributed by atoms with Crippen molar-refractivity contribution in [2.45, 2.75) is 0 Å². The van der Waals surface area contributed by atoms with Crippen molar-refractivity contribution in [2.75, 3.05) is 4.90 Å². The van der Waals surface area contributed by atoms with E-state index in [4.69, 9.17) is 0 Å². The zero-order valence-electron chi connectivity index (χ0n) is 17.4. The van der Waals surface area contributed by atoms with Crippen LogP contribution < -0.4 is 10.2 Å². The summed E-state index contributed by atoms with van der Waals surface area (Å²) in [7, 11) is 0. The van der Waals surface area contributed by atoms with Crippen LogP contribution in [0.25, 0.3) is 16.0 Å². The molecule has 5 nitrogen and oxygen atoms in total. The molecule has 0 spiro atoms. The lowest BCUT2D eigenvalue weighted by Gasteiger charge is -2.25. The highest BCUT2D eigenvalue weighted by Crippen LogP contribution is 2.38. The van der Waals surface area contributed by atoms with Gasteiger partial charge in [-0.15, -0.1) is 11.3 Å². The smallest absolute Gasteiger partial charge is 0.269 e. The van der Waals surface area contributed by atoms with Crippen LogP contribution in [0.5, 0.6) is 0 Å². The zero-order chi connectivity index (χ0) is 22.8. The van der Waals surface area contributed by atoms with Gasteiger partial charge in [0.25, 0.3) is 11.8 Å². The minimum atomic E-state index is -0.640. The topological polar surface area (TPSA) is 73.2 Å². The molecule has 0 fully saturated rings. The molecule has 3 aromatic carbocycles. The number of amides is 2. The largest absolute Gasteiger partial charge is 0.311 e. The van der Waals surface area contributed by atoms with Crippen molar-refractivity contribution >= 4 is 45.8 Å². The average molecular weight is 448 g/mol. The zero-order valence-corrected chi connectivity index (χ0v) is 18.2. The Labute approximate surface area is 194 Å². The van der Waals surface area contributed by atoms with E-state index in [2.05, 4.69) is 46.6 Å². The van der Waals surface area contributed by atoms with Crippen LogP contribution in [0.4, 0.5) is 17.1 Å². The minimum Gasteiger partial charge on any atom is -0.311 e. The fraction of sp³-hybridized carbons (Fsp3) is 0. The molecule has 0 bridgehead atoms. The van der Waals surface area contributed by atoms with E-state index in [-0.39, 0.29) is 11.1 Å². The molecule has 1 aliphatic rings. The third-order valence-electron chi connectivity index (χ3n) is 5.33. The molecule has 4 aromatic rings. The van der Waals surface area contributed by atoms with Crippen molar-refractivity contribution in [2.24, 2.45) is 0 Å². The number of anilines is 3. The van der Waals surface area contributed by atoms with Crippen molar-refractivity contribution in [3.05, 3.63) is 108 Å². The Balaban J connectivity index is 1.49. The Hall–Kier alpha value is -4.47. The fourth-order valence-electron chi connectivity index (χ4n) is 3.80. The van der Waals surface area contributed by atoms with Gasteiger partial charge in [0.05, 0.1) is 5.57 Å². The van der Waals surface area contributed by atoms with Crippen molar-refractivity contribution in [3.8, 4) is 16.5 Å². The molecule has 5 rings (SSSR count). The van der Waals surface area contributed by atoms with Crippen molar-refractivity contribution in [1.29, 1.82) is 5.26 Å². The fourth-order valence-corrected chi connectivity index (χ4v) is 4.86. The number of thiophene rings is 1. The molecular weight excluding hydrogens is 430 g/mol. The van der Waals surface area contributed by atoms with Gasteiger partial charge in [0.1, 0.15) is 11.6 Å². The number of nitrogens with one attached hydrogen (secondary N) is 1. The van der Waals surface area contributed by atoms with Gasteiger partial charge in [-0.1, -0.05) is 48.5 Å². The number of para-hydroxylation sites is 2. The molecule has 0 saturated heterocycles. The van der Waals surface area contributed by atoms with E-state index < -0.39 is 11.8 Å². The second-order valence-corrected chi connectivity index (χ2v) is 8.45. The Morgan fingerprint density at radius 1 is 0.667 bits per heavy atom. The maximum atomic E-state index is 12.1. The first-order valence-electron chi connectivity index (χ1n) is 10.3. The molecule has 2 amide bonds.